The highest BCUT2D eigenvalue weighted by Gasteiger charge is 2.28. The van der Waals surface area contributed by atoms with Crippen LogP contribution in [0.25, 0.3) is 0 Å². The van der Waals surface area contributed by atoms with Gasteiger partial charge in [-0.1, -0.05) is 12.8 Å². The van der Waals surface area contributed by atoms with Crippen molar-refractivity contribution in [3.63, 3.8) is 0 Å². The van der Waals surface area contributed by atoms with Crippen molar-refractivity contribution in [1.29, 1.82) is 0 Å². The molecule has 2 rings (SSSR count). The minimum atomic E-state index is -0.354. The van der Waals surface area contributed by atoms with Gasteiger partial charge in [0.1, 0.15) is 11.5 Å². The number of nitrogens with two attached hydrogens (primary N) is 1. The fourth-order valence-corrected chi connectivity index (χ4v) is 3.05. The van der Waals surface area contributed by atoms with E-state index in [1.54, 1.807) is 12.1 Å². The van der Waals surface area contributed by atoms with Crippen LogP contribution in [0.5, 0.6) is 11.5 Å². The van der Waals surface area contributed by atoms with E-state index in [2.05, 4.69) is 4.90 Å². The molecule has 0 aromatic heterocycles. The monoisotopic (exact) mass is 278 g/mol. The van der Waals surface area contributed by atoms with Gasteiger partial charge in [-0.05, 0) is 37.5 Å². The summed E-state index contributed by atoms with van der Waals surface area (Å²) in [6.07, 6.45) is 4.45. The largest absolute Gasteiger partial charge is 0.508 e. The molecule has 1 unspecified atom stereocenters. The van der Waals surface area contributed by atoms with E-state index in [-0.39, 0.29) is 30.0 Å². The van der Waals surface area contributed by atoms with Crippen molar-refractivity contribution in [2.45, 2.75) is 44.7 Å². The molecule has 5 heteroatoms. The first-order valence-electron chi connectivity index (χ1n) is 7.04. The number of primary amides is 1. The van der Waals surface area contributed by atoms with Gasteiger partial charge in [0.15, 0.2) is 0 Å². The first-order chi connectivity index (χ1) is 9.47. The van der Waals surface area contributed by atoms with Crippen molar-refractivity contribution < 1.29 is 15.0 Å². The van der Waals surface area contributed by atoms with E-state index in [1.807, 2.05) is 6.92 Å². The normalized spacial score (nSPS) is 17.5. The molecule has 1 aliphatic rings. The molecule has 1 fully saturated rings. The van der Waals surface area contributed by atoms with Gasteiger partial charge in [0.2, 0.25) is 5.91 Å². The Morgan fingerprint density at radius 3 is 2.35 bits per heavy atom. The van der Waals surface area contributed by atoms with Crippen molar-refractivity contribution in [3.8, 4) is 11.5 Å². The van der Waals surface area contributed by atoms with Gasteiger partial charge >= 0.3 is 0 Å². The molecule has 0 bridgehead atoms. The van der Waals surface area contributed by atoms with Gasteiger partial charge in [0.25, 0.3) is 0 Å². The molecule has 1 saturated carbocycles. The smallest absolute Gasteiger partial charge is 0.231 e. The maximum absolute atomic E-state index is 11.3. The van der Waals surface area contributed by atoms with Crippen LogP contribution in [0.15, 0.2) is 18.2 Å². The van der Waals surface area contributed by atoms with Crippen LogP contribution in [0.4, 0.5) is 0 Å². The first kappa shape index (κ1) is 14.7. The highest BCUT2D eigenvalue weighted by atomic mass is 16.3. The Labute approximate surface area is 119 Å². The van der Waals surface area contributed by atoms with Crippen molar-refractivity contribution in [1.82, 2.24) is 4.90 Å². The van der Waals surface area contributed by atoms with Crippen LogP contribution < -0.4 is 5.73 Å². The number of carbonyl (C=O) groups excluding carboxylic acids is 1. The lowest BCUT2D eigenvalue weighted by Crippen LogP contribution is -2.41. The number of benzene rings is 1. The fraction of sp³-hybridized carbons (Fsp3) is 0.533. The van der Waals surface area contributed by atoms with Gasteiger partial charge < -0.3 is 15.9 Å². The summed E-state index contributed by atoms with van der Waals surface area (Å²) in [7, 11) is 0. The van der Waals surface area contributed by atoms with E-state index in [0.717, 1.165) is 31.2 Å². The van der Waals surface area contributed by atoms with E-state index >= 15 is 0 Å². The second-order valence-corrected chi connectivity index (χ2v) is 5.54. The highest BCUT2D eigenvalue weighted by Crippen LogP contribution is 2.33. The summed E-state index contributed by atoms with van der Waals surface area (Å²) in [6.45, 7) is 2.16. The van der Waals surface area contributed by atoms with Crippen LogP contribution >= 0.6 is 0 Å². The van der Waals surface area contributed by atoms with Crippen molar-refractivity contribution in [2.75, 3.05) is 6.54 Å². The van der Waals surface area contributed by atoms with E-state index in [0.29, 0.717) is 6.04 Å². The second kappa shape index (κ2) is 6.13. The molecule has 1 aliphatic carbocycles. The lowest BCUT2D eigenvalue weighted by Gasteiger charge is -2.33. The lowest BCUT2D eigenvalue weighted by molar-refractivity contribution is -0.120. The number of phenols is 2. The van der Waals surface area contributed by atoms with Crippen molar-refractivity contribution in [3.05, 3.63) is 23.8 Å². The van der Waals surface area contributed by atoms with Gasteiger partial charge in [-0.3, -0.25) is 9.69 Å². The lowest BCUT2D eigenvalue weighted by atomic mass is 10.0. The van der Waals surface area contributed by atoms with E-state index in [9.17, 15) is 15.0 Å². The van der Waals surface area contributed by atoms with Crippen molar-refractivity contribution in [2.24, 2.45) is 5.73 Å². The molecule has 5 nitrogen and oxygen atoms in total. The average Bonchev–Trinajstić information content (AvgIpc) is 2.87. The number of phenolic OH excluding ortho intramolecular Hbond substituents is 2. The highest BCUT2D eigenvalue weighted by molar-refractivity contribution is 5.76. The Bertz CT molecular complexity index is 464. The predicted octanol–water partition coefficient (Wildman–Crippen LogP) is 1.89. The van der Waals surface area contributed by atoms with Crippen LogP contribution in [0.1, 0.15) is 44.2 Å². The maximum Gasteiger partial charge on any atom is 0.231 e. The van der Waals surface area contributed by atoms with Crippen LogP contribution in [0, 0.1) is 0 Å². The molecule has 110 valence electrons. The number of rotatable bonds is 5. The summed E-state index contributed by atoms with van der Waals surface area (Å²) in [4.78, 5) is 13.4. The molecular weight excluding hydrogens is 256 g/mol. The molecule has 4 N–H and O–H groups in total. The average molecular weight is 278 g/mol. The Morgan fingerprint density at radius 1 is 1.30 bits per heavy atom. The quantitative estimate of drug-likeness (QED) is 0.767. The Morgan fingerprint density at radius 2 is 1.85 bits per heavy atom. The topological polar surface area (TPSA) is 86.8 Å². The molecule has 1 amide bonds. The van der Waals surface area contributed by atoms with Crippen molar-refractivity contribution >= 4 is 5.91 Å². The van der Waals surface area contributed by atoms with Gasteiger partial charge in [-0.2, -0.15) is 0 Å². The van der Waals surface area contributed by atoms with E-state index in [1.165, 1.54) is 6.07 Å². The molecule has 0 aliphatic heterocycles. The first-order valence-corrected chi connectivity index (χ1v) is 7.04. The number of nitrogens with zero attached hydrogens (tertiary/aromatic N) is 1. The summed E-state index contributed by atoms with van der Waals surface area (Å²) < 4.78 is 0. The van der Waals surface area contributed by atoms with Gasteiger partial charge in [0.05, 0.1) is 6.54 Å². The summed E-state index contributed by atoms with van der Waals surface area (Å²) in [5.74, 6) is -0.303. The molecule has 20 heavy (non-hydrogen) atoms. The summed E-state index contributed by atoms with van der Waals surface area (Å²) in [5, 5.41) is 19.2. The van der Waals surface area contributed by atoms with Gasteiger partial charge in [-0.25, -0.2) is 0 Å². The van der Waals surface area contributed by atoms with Crippen LogP contribution in [0.3, 0.4) is 0 Å². The molecular formula is C15H22N2O3. The van der Waals surface area contributed by atoms with E-state index < -0.39 is 0 Å². The van der Waals surface area contributed by atoms with Gasteiger partial charge in [0, 0.05) is 18.2 Å². The summed E-state index contributed by atoms with van der Waals surface area (Å²) in [5.41, 5.74) is 6.14. The third kappa shape index (κ3) is 3.42. The maximum atomic E-state index is 11.3. The Kier molecular flexibility index (Phi) is 4.49. The number of amides is 1. The molecule has 1 atom stereocenters. The summed E-state index contributed by atoms with van der Waals surface area (Å²) >= 11 is 0. The van der Waals surface area contributed by atoms with Crippen LogP contribution in [-0.2, 0) is 4.79 Å². The molecule has 0 radical (unpaired) electrons. The number of aromatic hydroxyl groups is 2. The molecule has 1 aromatic carbocycles. The third-order valence-corrected chi connectivity index (χ3v) is 4.04. The summed E-state index contributed by atoms with van der Waals surface area (Å²) in [6, 6.07) is 4.79. The minimum absolute atomic E-state index is 0.0253. The number of hydrogen-bond acceptors (Lipinski definition) is 4. The molecule has 0 spiro atoms. The zero-order valence-electron chi connectivity index (χ0n) is 11.7. The zero-order valence-corrected chi connectivity index (χ0v) is 11.7. The minimum Gasteiger partial charge on any atom is -0.508 e. The SMILES string of the molecule is CC(c1cc(O)cc(O)c1)N(CC(N)=O)C1CCCC1. The molecule has 0 saturated heterocycles. The number of carbonyl (C=O) groups is 1. The Hall–Kier alpha value is -1.75. The van der Waals surface area contributed by atoms with Gasteiger partial charge in [-0.15, -0.1) is 0 Å². The molecule has 1 aromatic rings. The van der Waals surface area contributed by atoms with Crippen LogP contribution in [0.2, 0.25) is 0 Å². The predicted molar refractivity (Wildman–Crippen MR) is 76.3 cm³/mol. The third-order valence-electron chi connectivity index (χ3n) is 4.04. The second-order valence-electron chi connectivity index (χ2n) is 5.54. The standard InChI is InChI=1S/C15H22N2O3/c1-10(11-6-13(18)8-14(19)7-11)17(9-15(16)20)12-4-2-3-5-12/h6-8,10,12,18-19H,2-5,9H2,1H3,(H2,16,20). The Balaban J connectivity index is 2.24. The van der Waals surface area contributed by atoms with Crippen LogP contribution in [-0.4, -0.2) is 33.6 Å². The number of hydrogen-bond donors (Lipinski definition) is 3. The molecule has 0 heterocycles. The fourth-order valence-electron chi connectivity index (χ4n) is 3.05. The van der Waals surface area contributed by atoms with E-state index in [4.69, 9.17) is 5.73 Å². The zero-order chi connectivity index (χ0) is 14.7.